The lowest BCUT2D eigenvalue weighted by Crippen LogP contribution is -2.11. The number of thioether (sulfide) groups is 1. The fraction of sp³-hybridized carbons (Fsp3) is 0.455. The van der Waals surface area contributed by atoms with Crippen LogP contribution >= 0.6 is 23.4 Å². The molecule has 15 heavy (non-hydrogen) atoms. The number of halogens is 2. The number of benzene rings is 1. The first-order valence-corrected chi connectivity index (χ1v) is 6.51. The van der Waals surface area contributed by atoms with Gasteiger partial charge in [-0.3, -0.25) is 0 Å². The Morgan fingerprint density at radius 3 is 2.87 bits per heavy atom. The van der Waals surface area contributed by atoms with E-state index in [0.717, 1.165) is 17.7 Å². The van der Waals surface area contributed by atoms with Gasteiger partial charge in [-0.25, -0.2) is 4.39 Å². The van der Waals surface area contributed by atoms with Crippen molar-refractivity contribution in [3.05, 3.63) is 34.6 Å². The van der Waals surface area contributed by atoms with Crippen LogP contribution in [-0.4, -0.2) is 23.2 Å². The third-order valence-corrected chi connectivity index (χ3v) is 3.12. The average Bonchev–Trinajstić information content (AvgIpc) is 2.19. The molecule has 1 rings (SSSR count). The van der Waals surface area contributed by atoms with Gasteiger partial charge in [0.15, 0.2) is 0 Å². The van der Waals surface area contributed by atoms with E-state index >= 15 is 0 Å². The molecule has 84 valence electrons. The molecule has 0 saturated carbocycles. The standard InChI is InChI=1S/C11H14ClFOS/c1-15-5-4-10(14)6-8-2-3-9(13)7-11(8)12/h2-3,7,10,14H,4-6H2,1H3. The third-order valence-electron chi connectivity index (χ3n) is 2.13. The highest BCUT2D eigenvalue weighted by Crippen LogP contribution is 2.19. The number of aliphatic hydroxyl groups is 1. The van der Waals surface area contributed by atoms with Crippen molar-refractivity contribution in [1.82, 2.24) is 0 Å². The van der Waals surface area contributed by atoms with Crippen LogP contribution in [0.3, 0.4) is 0 Å². The summed E-state index contributed by atoms with van der Waals surface area (Å²) in [5, 5.41) is 10.0. The van der Waals surface area contributed by atoms with Crippen LogP contribution in [0.1, 0.15) is 12.0 Å². The Labute approximate surface area is 98.6 Å². The molecule has 0 spiro atoms. The van der Waals surface area contributed by atoms with Crippen molar-refractivity contribution in [1.29, 1.82) is 0 Å². The molecule has 0 aliphatic carbocycles. The van der Waals surface area contributed by atoms with Gasteiger partial charge in [-0.1, -0.05) is 17.7 Å². The topological polar surface area (TPSA) is 20.2 Å². The minimum Gasteiger partial charge on any atom is -0.393 e. The maximum absolute atomic E-state index is 12.7. The molecule has 1 N–H and O–H groups in total. The van der Waals surface area contributed by atoms with Crippen LogP contribution in [-0.2, 0) is 6.42 Å². The van der Waals surface area contributed by atoms with Gasteiger partial charge in [0.2, 0.25) is 0 Å². The van der Waals surface area contributed by atoms with E-state index in [2.05, 4.69) is 0 Å². The smallest absolute Gasteiger partial charge is 0.124 e. The van der Waals surface area contributed by atoms with Crippen LogP contribution in [0.4, 0.5) is 4.39 Å². The van der Waals surface area contributed by atoms with Gasteiger partial charge in [-0.15, -0.1) is 0 Å². The second-order valence-corrected chi connectivity index (χ2v) is 4.77. The van der Waals surface area contributed by atoms with Gasteiger partial charge in [0, 0.05) is 5.02 Å². The molecule has 4 heteroatoms. The van der Waals surface area contributed by atoms with Crippen LogP contribution in [0.2, 0.25) is 5.02 Å². The Hall–Kier alpha value is -0.250. The quantitative estimate of drug-likeness (QED) is 0.864. The Morgan fingerprint density at radius 2 is 2.27 bits per heavy atom. The van der Waals surface area contributed by atoms with Gasteiger partial charge >= 0.3 is 0 Å². The second-order valence-electron chi connectivity index (χ2n) is 3.38. The van der Waals surface area contributed by atoms with Crippen molar-refractivity contribution in [2.45, 2.75) is 18.9 Å². The molecule has 1 atom stereocenters. The second kappa shape index (κ2) is 6.36. The van der Waals surface area contributed by atoms with Crippen LogP contribution in [0, 0.1) is 5.82 Å². The monoisotopic (exact) mass is 248 g/mol. The maximum atomic E-state index is 12.7. The van der Waals surface area contributed by atoms with Gasteiger partial charge < -0.3 is 5.11 Å². The predicted octanol–water partition coefficient (Wildman–Crippen LogP) is 3.14. The van der Waals surface area contributed by atoms with E-state index in [-0.39, 0.29) is 5.82 Å². The first kappa shape index (κ1) is 12.8. The molecule has 1 aromatic carbocycles. The fourth-order valence-corrected chi connectivity index (χ4v) is 2.05. The summed E-state index contributed by atoms with van der Waals surface area (Å²) in [6.45, 7) is 0. The van der Waals surface area contributed by atoms with Crippen molar-refractivity contribution in [3.63, 3.8) is 0 Å². The molecule has 0 saturated heterocycles. The highest BCUT2D eigenvalue weighted by atomic mass is 35.5. The lowest BCUT2D eigenvalue weighted by molar-refractivity contribution is 0.172. The SMILES string of the molecule is CSCCC(O)Cc1ccc(F)cc1Cl. The molecule has 0 bridgehead atoms. The molecule has 0 aliphatic heterocycles. The van der Waals surface area contributed by atoms with Crippen molar-refractivity contribution >= 4 is 23.4 Å². The summed E-state index contributed by atoms with van der Waals surface area (Å²) in [6, 6.07) is 4.26. The van der Waals surface area contributed by atoms with Gasteiger partial charge in [0.05, 0.1) is 6.10 Å². The first-order valence-electron chi connectivity index (χ1n) is 4.74. The summed E-state index contributed by atoms with van der Waals surface area (Å²) in [5.41, 5.74) is 0.798. The van der Waals surface area contributed by atoms with E-state index < -0.39 is 6.10 Å². The van der Waals surface area contributed by atoms with Gasteiger partial charge in [0.25, 0.3) is 0 Å². The summed E-state index contributed by atoms with van der Waals surface area (Å²) >= 11 is 7.55. The minimum absolute atomic E-state index is 0.345. The lowest BCUT2D eigenvalue weighted by atomic mass is 10.1. The summed E-state index contributed by atoms with van der Waals surface area (Å²) in [4.78, 5) is 0. The molecule has 0 heterocycles. The number of hydrogen-bond donors (Lipinski definition) is 1. The molecule has 1 unspecified atom stereocenters. The Kier molecular flexibility index (Phi) is 5.43. The Balaban J connectivity index is 2.56. The number of aliphatic hydroxyl groups excluding tert-OH is 1. The zero-order valence-corrected chi connectivity index (χ0v) is 10.1. The van der Waals surface area contributed by atoms with E-state index in [1.807, 2.05) is 6.26 Å². The van der Waals surface area contributed by atoms with Gasteiger partial charge in [-0.2, -0.15) is 11.8 Å². The largest absolute Gasteiger partial charge is 0.393 e. The average molecular weight is 249 g/mol. The van der Waals surface area contributed by atoms with E-state index in [0.29, 0.717) is 11.4 Å². The van der Waals surface area contributed by atoms with E-state index in [9.17, 15) is 9.50 Å². The predicted molar refractivity (Wildman–Crippen MR) is 64.1 cm³/mol. The Bertz CT molecular complexity index is 319. The van der Waals surface area contributed by atoms with Gasteiger partial charge in [-0.05, 0) is 42.5 Å². The van der Waals surface area contributed by atoms with E-state index in [4.69, 9.17) is 11.6 Å². The van der Waals surface area contributed by atoms with E-state index in [1.165, 1.54) is 12.1 Å². The Morgan fingerprint density at radius 1 is 1.53 bits per heavy atom. The molecular formula is C11H14ClFOS. The molecule has 0 radical (unpaired) electrons. The zero-order chi connectivity index (χ0) is 11.3. The molecule has 0 aromatic heterocycles. The molecule has 1 nitrogen and oxygen atoms in total. The minimum atomic E-state index is -0.402. The number of rotatable bonds is 5. The lowest BCUT2D eigenvalue weighted by Gasteiger charge is -2.10. The molecular weight excluding hydrogens is 235 g/mol. The maximum Gasteiger partial charge on any atom is 0.124 e. The van der Waals surface area contributed by atoms with Crippen molar-refractivity contribution in [2.75, 3.05) is 12.0 Å². The highest BCUT2D eigenvalue weighted by molar-refractivity contribution is 7.98. The van der Waals surface area contributed by atoms with Crippen molar-refractivity contribution in [3.8, 4) is 0 Å². The molecule has 1 aromatic rings. The highest BCUT2D eigenvalue weighted by Gasteiger charge is 2.08. The van der Waals surface area contributed by atoms with Crippen LogP contribution in [0.25, 0.3) is 0 Å². The van der Waals surface area contributed by atoms with Crippen molar-refractivity contribution < 1.29 is 9.50 Å². The normalized spacial score (nSPS) is 12.8. The molecule has 0 fully saturated rings. The fourth-order valence-electron chi connectivity index (χ4n) is 1.30. The third kappa shape index (κ3) is 4.41. The van der Waals surface area contributed by atoms with Crippen LogP contribution in [0.5, 0.6) is 0 Å². The summed E-state index contributed by atoms with van der Waals surface area (Å²) < 4.78 is 12.7. The summed E-state index contributed by atoms with van der Waals surface area (Å²) in [7, 11) is 0. The first-order chi connectivity index (χ1) is 7.13. The van der Waals surface area contributed by atoms with Crippen molar-refractivity contribution in [2.24, 2.45) is 0 Å². The summed E-state index contributed by atoms with van der Waals surface area (Å²) in [5.74, 6) is 0.572. The van der Waals surface area contributed by atoms with Crippen LogP contribution in [0.15, 0.2) is 18.2 Å². The van der Waals surface area contributed by atoms with E-state index in [1.54, 1.807) is 17.8 Å². The molecule has 0 amide bonds. The van der Waals surface area contributed by atoms with Gasteiger partial charge in [0.1, 0.15) is 5.82 Å². The summed E-state index contributed by atoms with van der Waals surface area (Å²) in [6.07, 6.45) is 2.81. The molecule has 0 aliphatic rings. The van der Waals surface area contributed by atoms with Crippen LogP contribution < -0.4 is 0 Å². The zero-order valence-electron chi connectivity index (χ0n) is 8.54. The number of hydrogen-bond acceptors (Lipinski definition) is 2.